The standard InChI is InChI=1S/C16H20N2O4/c1-21-11-15-10-18(16(20)22-15)13-4-2-12(3-5-13)17-8-6-14(19)7-9-17/h2-5,15H,6-11H2,1H3/t15-/m0/s1. The third kappa shape index (κ3) is 3.06. The van der Waals surface area contributed by atoms with E-state index in [0.29, 0.717) is 31.8 Å². The summed E-state index contributed by atoms with van der Waals surface area (Å²) in [5.74, 6) is 0.330. The first kappa shape index (κ1) is 14.8. The van der Waals surface area contributed by atoms with Gasteiger partial charge >= 0.3 is 6.09 Å². The molecule has 2 aliphatic heterocycles. The Morgan fingerprint density at radius 2 is 1.77 bits per heavy atom. The lowest BCUT2D eigenvalue weighted by Crippen LogP contribution is -2.33. The van der Waals surface area contributed by atoms with Crippen LogP contribution in [-0.2, 0) is 14.3 Å². The summed E-state index contributed by atoms with van der Waals surface area (Å²) in [5.41, 5.74) is 1.90. The van der Waals surface area contributed by atoms with E-state index in [4.69, 9.17) is 9.47 Å². The summed E-state index contributed by atoms with van der Waals surface area (Å²) in [6.45, 7) is 2.44. The summed E-state index contributed by atoms with van der Waals surface area (Å²) in [6, 6.07) is 7.81. The lowest BCUT2D eigenvalue weighted by molar-refractivity contribution is -0.119. The van der Waals surface area contributed by atoms with Gasteiger partial charge in [-0.15, -0.1) is 0 Å². The van der Waals surface area contributed by atoms with Crippen LogP contribution >= 0.6 is 0 Å². The van der Waals surface area contributed by atoms with Gasteiger partial charge in [0.15, 0.2) is 0 Å². The Balaban J connectivity index is 1.66. The molecule has 0 aromatic heterocycles. The number of anilines is 2. The van der Waals surface area contributed by atoms with Crippen LogP contribution in [-0.4, -0.2) is 51.3 Å². The maximum atomic E-state index is 11.9. The highest BCUT2D eigenvalue weighted by Crippen LogP contribution is 2.26. The monoisotopic (exact) mass is 304 g/mol. The molecule has 6 heteroatoms. The van der Waals surface area contributed by atoms with E-state index in [1.807, 2.05) is 24.3 Å². The number of carbonyl (C=O) groups is 2. The first-order valence-electron chi connectivity index (χ1n) is 7.51. The number of hydrogen-bond acceptors (Lipinski definition) is 5. The van der Waals surface area contributed by atoms with Crippen molar-refractivity contribution in [2.24, 2.45) is 0 Å². The molecule has 2 fully saturated rings. The molecule has 3 rings (SSSR count). The highest BCUT2D eigenvalue weighted by atomic mass is 16.6. The quantitative estimate of drug-likeness (QED) is 0.849. The van der Waals surface area contributed by atoms with Crippen LogP contribution in [0, 0.1) is 0 Å². The van der Waals surface area contributed by atoms with E-state index in [9.17, 15) is 9.59 Å². The Morgan fingerprint density at radius 3 is 2.41 bits per heavy atom. The predicted molar refractivity (Wildman–Crippen MR) is 82.4 cm³/mol. The minimum atomic E-state index is -0.335. The topological polar surface area (TPSA) is 59.1 Å². The zero-order valence-electron chi connectivity index (χ0n) is 12.7. The fourth-order valence-electron chi connectivity index (χ4n) is 2.86. The summed E-state index contributed by atoms with van der Waals surface area (Å²) in [5, 5.41) is 0. The summed E-state index contributed by atoms with van der Waals surface area (Å²) < 4.78 is 10.3. The molecule has 0 N–H and O–H groups in total. The van der Waals surface area contributed by atoms with E-state index in [1.165, 1.54) is 0 Å². The van der Waals surface area contributed by atoms with Gasteiger partial charge in [0.25, 0.3) is 0 Å². The Kier molecular flexibility index (Phi) is 4.29. The molecule has 6 nitrogen and oxygen atoms in total. The van der Waals surface area contributed by atoms with Crippen molar-refractivity contribution in [3.05, 3.63) is 24.3 Å². The van der Waals surface area contributed by atoms with E-state index < -0.39 is 0 Å². The smallest absolute Gasteiger partial charge is 0.414 e. The maximum absolute atomic E-state index is 11.9. The minimum absolute atomic E-state index is 0.217. The van der Waals surface area contributed by atoms with Gasteiger partial charge in [-0.2, -0.15) is 0 Å². The van der Waals surface area contributed by atoms with Gasteiger partial charge in [-0.05, 0) is 24.3 Å². The van der Waals surface area contributed by atoms with E-state index in [-0.39, 0.29) is 12.2 Å². The lowest BCUT2D eigenvalue weighted by Gasteiger charge is -2.28. The number of cyclic esters (lactones) is 1. The molecule has 1 aromatic carbocycles. The number of benzene rings is 1. The van der Waals surface area contributed by atoms with Crippen molar-refractivity contribution in [2.45, 2.75) is 18.9 Å². The third-order valence-electron chi connectivity index (χ3n) is 4.07. The van der Waals surface area contributed by atoms with E-state index in [2.05, 4.69) is 4.90 Å². The van der Waals surface area contributed by atoms with E-state index in [1.54, 1.807) is 12.0 Å². The molecule has 118 valence electrons. The first-order valence-corrected chi connectivity index (χ1v) is 7.51. The minimum Gasteiger partial charge on any atom is -0.441 e. The summed E-state index contributed by atoms with van der Waals surface area (Å²) >= 11 is 0. The van der Waals surface area contributed by atoms with Gasteiger partial charge in [-0.3, -0.25) is 9.69 Å². The van der Waals surface area contributed by atoms with E-state index in [0.717, 1.165) is 24.5 Å². The number of nitrogens with zero attached hydrogens (tertiary/aromatic N) is 2. The molecule has 2 aliphatic rings. The third-order valence-corrected chi connectivity index (χ3v) is 4.07. The van der Waals surface area contributed by atoms with Crippen LogP contribution in [0.3, 0.4) is 0 Å². The molecule has 0 spiro atoms. The van der Waals surface area contributed by atoms with Gasteiger partial charge in [0, 0.05) is 44.4 Å². The van der Waals surface area contributed by atoms with Crippen LogP contribution in [0.1, 0.15) is 12.8 Å². The van der Waals surface area contributed by atoms with Crippen LogP contribution in [0.5, 0.6) is 0 Å². The van der Waals surface area contributed by atoms with Gasteiger partial charge < -0.3 is 14.4 Å². The SMILES string of the molecule is COC[C@@H]1CN(c2ccc(N3CCC(=O)CC3)cc2)C(=O)O1. The van der Waals surface area contributed by atoms with Crippen molar-refractivity contribution in [1.29, 1.82) is 0 Å². The fraction of sp³-hybridized carbons (Fsp3) is 0.500. The van der Waals surface area contributed by atoms with Crippen LogP contribution in [0.4, 0.5) is 16.2 Å². The number of hydrogen-bond donors (Lipinski definition) is 0. The molecular formula is C16H20N2O4. The largest absolute Gasteiger partial charge is 0.441 e. The highest BCUT2D eigenvalue weighted by Gasteiger charge is 2.32. The number of carbonyl (C=O) groups excluding carboxylic acids is 2. The summed E-state index contributed by atoms with van der Waals surface area (Å²) in [4.78, 5) is 27.0. The lowest BCUT2D eigenvalue weighted by atomic mass is 10.1. The maximum Gasteiger partial charge on any atom is 0.414 e. The zero-order valence-corrected chi connectivity index (χ0v) is 12.7. The Hall–Kier alpha value is -2.08. The average Bonchev–Trinajstić information content (AvgIpc) is 2.89. The van der Waals surface area contributed by atoms with Crippen molar-refractivity contribution in [3.8, 4) is 0 Å². The molecule has 1 aromatic rings. The normalized spacial score (nSPS) is 22.1. The van der Waals surface area contributed by atoms with Gasteiger partial charge in [0.05, 0.1) is 13.2 Å². The number of amides is 1. The van der Waals surface area contributed by atoms with Gasteiger partial charge in [-0.25, -0.2) is 4.79 Å². The molecule has 0 radical (unpaired) electrons. The number of piperidine rings is 1. The van der Waals surface area contributed by atoms with Crippen molar-refractivity contribution in [1.82, 2.24) is 0 Å². The van der Waals surface area contributed by atoms with Crippen LogP contribution in [0.2, 0.25) is 0 Å². The number of rotatable bonds is 4. The van der Waals surface area contributed by atoms with Gasteiger partial charge in [0.1, 0.15) is 11.9 Å². The molecular weight excluding hydrogens is 284 g/mol. The van der Waals surface area contributed by atoms with Crippen molar-refractivity contribution < 1.29 is 19.1 Å². The van der Waals surface area contributed by atoms with Gasteiger partial charge in [-0.1, -0.05) is 0 Å². The average molecular weight is 304 g/mol. The number of Topliss-reactive ketones (excluding diaryl/α,β-unsaturated/α-hetero) is 1. The predicted octanol–water partition coefficient (Wildman–Crippen LogP) is 1.83. The number of ether oxygens (including phenoxy) is 2. The molecule has 0 aliphatic carbocycles. The van der Waals surface area contributed by atoms with Crippen molar-refractivity contribution in [3.63, 3.8) is 0 Å². The first-order chi connectivity index (χ1) is 10.7. The second kappa shape index (κ2) is 6.36. The molecule has 22 heavy (non-hydrogen) atoms. The Bertz CT molecular complexity index is 548. The van der Waals surface area contributed by atoms with E-state index >= 15 is 0 Å². The number of methoxy groups -OCH3 is 1. The van der Waals surface area contributed by atoms with Crippen LogP contribution in [0.25, 0.3) is 0 Å². The van der Waals surface area contributed by atoms with Crippen LogP contribution in [0.15, 0.2) is 24.3 Å². The molecule has 2 saturated heterocycles. The molecule has 2 heterocycles. The second-order valence-corrected chi connectivity index (χ2v) is 5.61. The number of ketones is 1. The fourth-order valence-corrected chi connectivity index (χ4v) is 2.86. The molecule has 1 amide bonds. The Morgan fingerprint density at radius 1 is 1.14 bits per heavy atom. The summed E-state index contributed by atoms with van der Waals surface area (Å²) in [6.07, 6.45) is 0.668. The van der Waals surface area contributed by atoms with Crippen LogP contribution < -0.4 is 9.80 Å². The van der Waals surface area contributed by atoms with Gasteiger partial charge in [0.2, 0.25) is 0 Å². The van der Waals surface area contributed by atoms with Crippen molar-refractivity contribution in [2.75, 3.05) is 43.2 Å². The molecule has 0 unspecified atom stereocenters. The molecule has 1 atom stereocenters. The highest BCUT2D eigenvalue weighted by molar-refractivity contribution is 5.90. The zero-order chi connectivity index (χ0) is 15.5. The molecule has 0 bridgehead atoms. The summed E-state index contributed by atoms with van der Waals surface area (Å²) in [7, 11) is 1.59. The van der Waals surface area contributed by atoms with Crippen molar-refractivity contribution >= 4 is 23.3 Å². The molecule has 0 saturated carbocycles. The second-order valence-electron chi connectivity index (χ2n) is 5.61. The Labute approximate surface area is 129 Å².